The van der Waals surface area contributed by atoms with Gasteiger partial charge in [-0.3, -0.25) is 4.79 Å². The summed E-state index contributed by atoms with van der Waals surface area (Å²) in [5.41, 5.74) is 5.66. The molecule has 3 rings (SSSR count). The van der Waals surface area contributed by atoms with Gasteiger partial charge in [-0.2, -0.15) is 0 Å². The Morgan fingerprint density at radius 3 is 2.71 bits per heavy atom. The van der Waals surface area contributed by atoms with E-state index in [1.165, 1.54) is 0 Å². The maximum atomic E-state index is 12.4. The number of para-hydroxylation sites is 1. The molecule has 1 aliphatic carbocycles. The van der Waals surface area contributed by atoms with Gasteiger partial charge in [-0.1, -0.05) is 36.2 Å². The van der Waals surface area contributed by atoms with E-state index in [9.17, 15) is 4.79 Å². The fraction of sp³-hybridized carbons (Fsp3) is 0.333. The number of benzene rings is 1. The number of furan rings is 1. The van der Waals surface area contributed by atoms with Crippen LogP contribution in [0.5, 0.6) is 0 Å². The van der Waals surface area contributed by atoms with Crippen molar-refractivity contribution in [3.63, 3.8) is 0 Å². The number of oxime groups is 1. The molecule has 6 nitrogen and oxygen atoms in total. The summed E-state index contributed by atoms with van der Waals surface area (Å²) >= 11 is 0. The number of nitrogens with two attached hydrogens (primary N) is 1. The lowest BCUT2D eigenvalue weighted by atomic mass is 9.96. The zero-order chi connectivity index (χ0) is 14.9. The number of fused-ring (bicyclic) bond motifs is 1. The summed E-state index contributed by atoms with van der Waals surface area (Å²) in [6.45, 7) is 0. The highest BCUT2D eigenvalue weighted by Gasteiger charge is 2.40. The molecule has 1 fully saturated rings. The van der Waals surface area contributed by atoms with Crippen LogP contribution in [0.4, 0.5) is 0 Å². The third kappa shape index (κ3) is 2.33. The van der Waals surface area contributed by atoms with Gasteiger partial charge in [0.2, 0.25) is 0 Å². The van der Waals surface area contributed by atoms with E-state index < -0.39 is 5.54 Å². The van der Waals surface area contributed by atoms with E-state index in [2.05, 4.69) is 10.5 Å². The second-order valence-corrected chi connectivity index (χ2v) is 5.38. The Morgan fingerprint density at radius 1 is 1.33 bits per heavy atom. The number of nitrogens with zero attached hydrogens (tertiary/aromatic N) is 1. The van der Waals surface area contributed by atoms with Crippen molar-refractivity contribution >= 4 is 22.7 Å². The minimum Gasteiger partial charge on any atom is -0.451 e. The van der Waals surface area contributed by atoms with E-state index in [-0.39, 0.29) is 17.5 Å². The molecule has 21 heavy (non-hydrogen) atoms. The smallest absolute Gasteiger partial charge is 0.287 e. The van der Waals surface area contributed by atoms with Gasteiger partial charge in [0.15, 0.2) is 11.6 Å². The van der Waals surface area contributed by atoms with Crippen molar-refractivity contribution in [2.45, 2.75) is 31.2 Å². The fourth-order valence-corrected chi connectivity index (χ4v) is 2.89. The SMILES string of the molecule is N/C(=N/O)C1(NC(=O)c2cc3ccccc3o2)CCCC1. The van der Waals surface area contributed by atoms with Gasteiger partial charge >= 0.3 is 0 Å². The van der Waals surface area contributed by atoms with Crippen LogP contribution in [0.25, 0.3) is 11.0 Å². The van der Waals surface area contributed by atoms with Crippen LogP contribution in [0.15, 0.2) is 39.9 Å². The normalized spacial score (nSPS) is 18.0. The first-order valence-corrected chi connectivity index (χ1v) is 6.94. The van der Waals surface area contributed by atoms with Crippen molar-refractivity contribution in [2.24, 2.45) is 10.9 Å². The summed E-state index contributed by atoms with van der Waals surface area (Å²) < 4.78 is 5.54. The number of amidine groups is 1. The second kappa shape index (κ2) is 5.12. The van der Waals surface area contributed by atoms with Gasteiger partial charge in [0, 0.05) is 5.39 Å². The second-order valence-electron chi connectivity index (χ2n) is 5.38. The van der Waals surface area contributed by atoms with Crippen molar-refractivity contribution < 1.29 is 14.4 Å². The van der Waals surface area contributed by atoms with Crippen molar-refractivity contribution in [3.05, 3.63) is 36.1 Å². The van der Waals surface area contributed by atoms with Crippen molar-refractivity contribution in [2.75, 3.05) is 0 Å². The molecule has 4 N–H and O–H groups in total. The van der Waals surface area contributed by atoms with Crippen LogP contribution in [-0.2, 0) is 0 Å². The number of rotatable bonds is 3. The highest BCUT2D eigenvalue weighted by Crippen LogP contribution is 2.30. The predicted octanol–water partition coefficient (Wildman–Crippen LogP) is 2.22. The van der Waals surface area contributed by atoms with Crippen LogP contribution in [0.1, 0.15) is 36.2 Å². The number of hydrogen-bond donors (Lipinski definition) is 3. The molecule has 0 atom stereocenters. The van der Waals surface area contributed by atoms with Gasteiger partial charge in [-0.15, -0.1) is 0 Å². The average molecular weight is 287 g/mol. The highest BCUT2D eigenvalue weighted by atomic mass is 16.4. The zero-order valence-corrected chi connectivity index (χ0v) is 11.5. The van der Waals surface area contributed by atoms with E-state index in [1.54, 1.807) is 12.1 Å². The Hall–Kier alpha value is -2.50. The Labute approximate surface area is 121 Å². The van der Waals surface area contributed by atoms with Gasteiger partial charge in [0.25, 0.3) is 5.91 Å². The summed E-state index contributed by atoms with van der Waals surface area (Å²) in [6.07, 6.45) is 3.18. The van der Waals surface area contributed by atoms with Crippen LogP contribution in [0.2, 0.25) is 0 Å². The van der Waals surface area contributed by atoms with Gasteiger partial charge in [0.05, 0.1) is 0 Å². The molecule has 1 aliphatic rings. The maximum absolute atomic E-state index is 12.4. The molecular weight excluding hydrogens is 270 g/mol. The molecule has 0 spiro atoms. The predicted molar refractivity (Wildman–Crippen MR) is 78.3 cm³/mol. The van der Waals surface area contributed by atoms with Crippen molar-refractivity contribution in [3.8, 4) is 0 Å². The van der Waals surface area contributed by atoms with Gasteiger partial charge < -0.3 is 20.7 Å². The molecule has 6 heteroatoms. The summed E-state index contributed by atoms with van der Waals surface area (Å²) in [7, 11) is 0. The van der Waals surface area contributed by atoms with Crippen LogP contribution in [0, 0.1) is 0 Å². The third-order valence-electron chi connectivity index (χ3n) is 4.06. The molecule has 1 aromatic heterocycles. The third-order valence-corrected chi connectivity index (χ3v) is 4.06. The molecule has 0 radical (unpaired) electrons. The zero-order valence-electron chi connectivity index (χ0n) is 11.5. The molecule has 0 bridgehead atoms. The van der Waals surface area contributed by atoms with Crippen LogP contribution in [0.3, 0.4) is 0 Å². The Balaban J connectivity index is 1.87. The lowest BCUT2D eigenvalue weighted by Gasteiger charge is -2.28. The lowest BCUT2D eigenvalue weighted by Crippen LogP contribution is -2.55. The van der Waals surface area contributed by atoms with E-state index in [0.29, 0.717) is 18.4 Å². The highest BCUT2D eigenvalue weighted by molar-refractivity contribution is 6.01. The summed E-state index contributed by atoms with van der Waals surface area (Å²) in [5, 5.41) is 15.8. The number of carbonyl (C=O) groups excluding carboxylic acids is 1. The summed E-state index contributed by atoms with van der Waals surface area (Å²) in [4.78, 5) is 12.4. The molecule has 0 unspecified atom stereocenters. The van der Waals surface area contributed by atoms with E-state index in [0.717, 1.165) is 18.2 Å². The Morgan fingerprint density at radius 2 is 2.05 bits per heavy atom. The topological polar surface area (TPSA) is 101 Å². The molecule has 0 saturated heterocycles. The van der Waals surface area contributed by atoms with Gasteiger partial charge in [-0.25, -0.2) is 0 Å². The molecule has 1 heterocycles. The van der Waals surface area contributed by atoms with Gasteiger partial charge in [0.1, 0.15) is 11.1 Å². The van der Waals surface area contributed by atoms with Crippen LogP contribution in [-0.4, -0.2) is 22.5 Å². The average Bonchev–Trinajstić information content (AvgIpc) is 3.13. The molecule has 1 aromatic carbocycles. The Kier molecular flexibility index (Phi) is 3.29. The standard InChI is InChI=1S/C15H17N3O3/c16-14(18-20)15(7-3-4-8-15)17-13(19)12-9-10-5-1-2-6-11(10)21-12/h1-2,5-6,9,20H,3-4,7-8H2,(H2,16,18)(H,17,19). The minimum absolute atomic E-state index is 0.0458. The molecule has 110 valence electrons. The Bertz CT molecular complexity index is 666. The first-order chi connectivity index (χ1) is 10.1. The molecular formula is C15H17N3O3. The number of hydrogen-bond acceptors (Lipinski definition) is 4. The van der Waals surface area contributed by atoms with Crippen molar-refractivity contribution in [1.29, 1.82) is 0 Å². The number of amides is 1. The van der Waals surface area contributed by atoms with Gasteiger partial charge in [-0.05, 0) is 25.0 Å². The molecule has 2 aromatic rings. The quantitative estimate of drug-likeness (QED) is 0.349. The fourth-order valence-electron chi connectivity index (χ4n) is 2.89. The van der Waals surface area contributed by atoms with E-state index in [1.807, 2.05) is 18.2 Å². The van der Waals surface area contributed by atoms with Crippen molar-refractivity contribution in [1.82, 2.24) is 5.32 Å². The molecule has 0 aliphatic heterocycles. The summed E-state index contributed by atoms with van der Waals surface area (Å²) in [6, 6.07) is 9.11. The first-order valence-electron chi connectivity index (χ1n) is 6.94. The van der Waals surface area contributed by atoms with Crippen LogP contribution < -0.4 is 11.1 Å². The number of carbonyl (C=O) groups is 1. The largest absolute Gasteiger partial charge is 0.451 e. The van der Waals surface area contributed by atoms with E-state index in [4.69, 9.17) is 15.4 Å². The monoisotopic (exact) mass is 287 g/mol. The molecule has 1 saturated carbocycles. The minimum atomic E-state index is -0.773. The summed E-state index contributed by atoms with van der Waals surface area (Å²) in [5.74, 6) is -0.0719. The van der Waals surface area contributed by atoms with Crippen LogP contribution >= 0.6 is 0 Å². The first kappa shape index (κ1) is 13.5. The molecule has 1 amide bonds. The maximum Gasteiger partial charge on any atom is 0.287 e. The lowest BCUT2D eigenvalue weighted by molar-refractivity contribution is 0.0896. The van der Waals surface area contributed by atoms with E-state index >= 15 is 0 Å². The number of nitrogens with one attached hydrogen (secondary N) is 1.